The third-order valence-electron chi connectivity index (χ3n) is 2.61. The van der Waals surface area contributed by atoms with E-state index in [9.17, 15) is 18.3 Å². The van der Waals surface area contributed by atoms with Crippen molar-refractivity contribution >= 4 is 11.8 Å². The third kappa shape index (κ3) is 3.51. The molecule has 0 aliphatic carbocycles. The van der Waals surface area contributed by atoms with E-state index >= 15 is 0 Å². The van der Waals surface area contributed by atoms with E-state index < -0.39 is 11.6 Å². The fourth-order valence-electron chi connectivity index (χ4n) is 1.78. The topological polar surface area (TPSA) is 32.3 Å². The SMILES string of the molecule is OC(c1ccc(SC(F)(F)F)cc1)C1C=CCN1. The average molecular weight is 275 g/mol. The molecule has 1 aliphatic rings. The smallest absolute Gasteiger partial charge is 0.386 e. The van der Waals surface area contributed by atoms with Crippen LogP contribution in [-0.4, -0.2) is 23.2 Å². The summed E-state index contributed by atoms with van der Waals surface area (Å²) in [5, 5.41) is 13.1. The maximum Gasteiger partial charge on any atom is 0.446 e. The molecule has 1 heterocycles. The van der Waals surface area contributed by atoms with Crippen LogP contribution in [-0.2, 0) is 0 Å². The highest BCUT2D eigenvalue weighted by atomic mass is 32.2. The highest BCUT2D eigenvalue weighted by Crippen LogP contribution is 2.37. The summed E-state index contributed by atoms with van der Waals surface area (Å²) >= 11 is -0.158. The van der Waals surface area contributed by atoms with Crippen molar-refractivity contribution in [3.63, 3.8) is 0 Å². The van der Waals surface area contributed by atoms with Gasteiger partial charge in [0.1, 0.15) is 0 Å². The van der Waals surface area contributed by atoms with Crippen LogP contribution in [0.15, 0.2) is 41.3 Å². The Bertz CT molecular complexity index is 430. The van der Waals surface area contributed by atoms with Crippen LogP contribution in [0.4, 0.5) is 13.2 Å². The molecule has 2 nitrogen and oxygen atoms in total. The maximum atomic E-state index is 12.1. The van der Waals surface area contributed by atoms with Crippen molar-refractivity contribution in [1.29, 1.82) is 0 Å². The van der Waals surface area contributed by atoms with Crippen LogP contribution in [0.1, 0.15) is 11.7 Å². The molecule has 98 valence electrons. The summed E-state index contributed by atoms with van der Waals surface area (Å²) in [6.07, 6.45) is 3.01. The third-order valence-corrected chi connectivity index (χ3v) is 3.35. The molecule has 6 heteroatoms. The molecule has 0 aromatic heterocycles. The van der Waals surface area contributed by atoms with Crippen molar-refractivity contribution in [1.82, 2.24) is 5.32 Å². The molecule has 0 saturated carbocycles. The molecule has 2 N–H and O–H groups in total. The molecule has 1 aliphatic heterocycles. The van der Waals surface area contributed by atoms with E-state index in [-0.39, 0.29) is 22.7 Å². The highest BCUT2D eigenvalue weighted by molar-refractivity contribution is 8.00. The summed E-state index contributed by atoms with van der Waals surface area (Å²) in [6, 6.07) is 5.61. The molecule has 0 spiro atoms. The largest absolute Gasteiger partial charge is 0.446 e. The first kappa shape index (κ1) is 13.5. The van der Waals surface area contributed by atoms with E-state index in [1.807, 2.05) is 12.2 Å². The Morgan fingerprint density at radius 1 is 1.28 bits per heavy atom. The van der Waals surface area contributed by atoms with E-state index in [1.54, 1.807) is 0 Å². The van der Waals surface area contributed by atoms with Gasteiger partial charge in [0.05, 0.1) is 12.1 Å². The van der Waals surface area contributed by atoms with Crippen LogP contribution in [0.25, 0.3) is 0 Å². The van der Waals surface area contributed by atoms with E-state index in [0.717, 1.165) is 0 Å². The van der Waals surface area contributed by atoms with Crippen molar-refractivity contribution in [2.24, 2.45) is 0 Å². The predicted molar refractivity (Wildman–Crippen MR) is 64.2 cm³/mol. The number of aliphatic hydroxyl groups is 1. The van der Waals surface area contributed by atoms with E-state index in [1.165, 1.54) is 24.3 Å². The summed E-state index contributed by atoms with van der Waals surface area (Å²) in [4.78, 5) is 0.119. The normalized spacial score (nSPS) is 21.2. The minimum Gasteiger partial charge on any atom is -0.386 e. The molecular weight excluding hydrogens is 263 g/mol. The summed E-state index contributed by atoms with van der Waals surface area (Å²) in [6.45, 7) is 0.698. The first-order chi connectivity index (χ1) is 8.46. The number of thioether (sulfide) groups is 1. The van der Waals surface area contributed by atoms with Crippen LogP contribution >= 0.6 is 11.8 Å². The van der Waals surface area contributed by atoms with Crippen LogP contribution in [0, 0.1) is 0 Å². The molecular formula is C12H12F3NOS. The molecule has 0 radical (unpaired) electrons. The molecule has 0 bridgehead atoms. The quantitative estimate of drug-likeness (QED) is 0.657. The molecule has 2 rings (SSSR count). The molecule has 2 unspecified atom stereocenters. The van der Waals surface area contributed by atoms with Crippen molar-refractivity contribution in [2.75, 3.05) is 6.54 Å². The zero-order valence-electron chi connectivity index (χ0n) is 9.32. The van der Waals surface area contributed by atoms with Gasteiger partial charge >= 0.3 is 5.51 Å². The van der Waals surface area contributed by atoms with Crippen LogP contribution < -0.4 is 5.32 Å². The van der Waals surface area contributed by atoms with Gasteiger partial charge in [0.2, 0.25) is 0 Å². The van der Waals surface area contributed by atoms with E-state index in [0.29, 0.717) is 12.1 Å². The Kier molecular flexibility index (Phi) is 3.99. The van der Waals surface area contributed by atoms with Gasteiger partial charge in [-0.2, -0.15) is 13.2 Å². The van der Waals surface area contributed by atoms with Crippen molar-refractivity contribution in [3.8, 4) is 0 Å². The Morgan fingerprint density at radius 3 is 2.44 bits per heavy atom. The Morgan fingerprint density at radius 2 is 1.94 bits per heavy atom. The number of benzene rings is 1. The molecule has 1 aromatic carbocycles. The van der Waals surface area contributed by atoms with Gasteiger partial charge in [-0.25, -0.2) is 0 Å². The number of rotatable bonds is 3. The van der Waals surface area contributed by atoms with Gasteiger partial charge in [-0.3, -0.25) is 0 Å². The van der Waals surface area contributed by atoms with Gasteiger partial charge in [-0.05, 0) is 29.5 Å². The van der Waals surface area contributed by atoms with Gasteiger partial charge in [-0.1, -0.05) is 24.3 Å². The highest BCUT2D eigenvalue weighted by Gasteiger charge is 2.29. The Labute approximate surface area is 107 Å². The number of aliphatic hydroxyl groups excluding tert-OH is 1. The fourth-order valence-corrected chi connectivity index (χ4v) is 2.32. The van der Waals surface area contributed by atoms with Gasteiger partial charge in [0.25, 0.3) is 0 Å². The summed E-state index contributed by atoms with van der Waals surface area (Å²) in [5.41, 5.74) is -3.68. The molecule has 2 atom stereocenters. The number of halogens is 3. The van der Waals surface area contributed by atoms with E-state index in [4.69, 9.17) is 0 Å². The Balaban J connectivity index is 2.05. The van der Waals surface area contributed by atoms with Gasteiger partial charge in [0.15, 0.2) is 0 Å². The maximum absolute atomic E-state index is 12.1. The minimum absolute atomic E-state index is 0.119. The van der Waals surface area contributed by atoms with Crippen molar-refractivity contribution in [3.05, 3.63) is 42.0 Å². The predicted octanol–water partition coefficient (Wildman–Crippen LogP) is 2.86. The summed E-state index contributed by atoms with van der Waals surface area (Å²) in [5.74, 6) is 0. The van der Waals surface area contributed by atoms with Gasteiger partial charge in [-0.15, -0.1) is 0 Å². The second kappa shape index (κ2) is 5.34. The zero-order chi connectivity index (χ0) is 13.2. The molecule has 0 fully saturated rings. The molecule has 18 heavy (non-hydrogen) atoms. The van der Waals surface area contributed by atoms with Crippen LogP contribution in [0.5, 0.6) is 0 Å². The van der Waals surface area contributed by atoms with Crippen molar-refractivity contribution < 1.29 is 18.3 Å². The fraction of sp³-hybridized carbons (Fsp3) is 0.333. The first-order valence-corrected chi connectivity index (χ1v) is 6.21. The number of hydrogen-bond donors (Lipinski definition) is 2. The van der Waals surface area contributed by atoms with Crippen LogP contribution in [0.2, 0.25) is 0 Å². The molecule has 0 amide bonds. The summed E-state index contributed by atoms with van der Waals surface area (Å²) < 4.78 is 36.4. The van der Waals surface area contributed by atoms with Crippen LogP contribution in [0.3, 0.4) is 0 Å². The van der Waals surface area contributed by atoms with Gasteiger partial charge < -0.3 is 10.4 Å². The first-order valence-electron chi connectivity index (χ1n) is 5.39. The monoisotopic (exact) mass is 275 g/mol. The second-order valence-electron chi connectivity index (χ2n) is 3.92. The lowest BCUT2D eigenvalue weighted by molar-refractivity contribution is -0.0328. The average Bonchev–Trinajstić information content (AvgIpc) is 2.80. The Hall–Kier alpha value is -0.980. The lowest BCUT2D eigenvalue weighted by Gasteiger charge is -2.18. The second-order valence-corrected chi connectivity index (χ2v) is 5.06. The number of nitrogens with one attached hydrogen (secondary N) is 1. The zero-order valence-corrected chi connectivity index (χ0v) is 10.1. The molecule has 0 saturated heterocycles. The number of hydrogen-bond acceptors (Lipinski definition) is 3. The minimum atomic E-state index is -4.28. The lowest BCUT2D eigenvalue weighted by Crippen LogP contribution is -2.29. The van der Waals surface area contributed by atoms with Crippen molar-refractivity contribution in [2.45, 2.75) is 22.5 Å². The molecule has 1 aromatic rings. The lowest BCUT2D eigenvalue weighted by atomic mass is 10.0. The van der Waals surface area contributed by atoms with Gasteiger partial charge in [0, 0.05) is 11.4 Å². The number of alkyl halides is 3. The standard InChI is InChI=1S/C12H12F3NOS/c13-12(14,15)18-9-5-3-8(4-6-9)11(17)10-2-1-7-16-10/h1-6,10-11,16-17H,7H2. The summed E-state index contributed by atoms with van der Waals surface area (Å²) in [7, 11) is 0. The van der Waals surface area contributed by atoms with E-state index in [2.05, 4.69) is 5.32 Å².